The number of unbranched alkanes of at least 4 members (excludes halogenated alkanes) is 5. The summed E-state index contributed by atoms with van der Waals surface area (Å²) in [6, 6.07) is 18.8. The number of carbonyl (C=O) groups excluding carboxylic acids is 5. The molecule has 10 N–H and O–H groups in total. The number of ether oxygens (including phenoxy) is 4. The molecule has 0 heterocycles. The number of hydrogen-bond acceptors (Lipinski definition) is 13. The van der Waals surface area contributed by atoms with Crippen LogP contribution in [0.5, 0.6) is 23.0 Å². The molecule has 3 rings (SSSR count). The molecular weight excluding hydrogens is 933 g/mol. The number of hydrogen-bond donors (Lipinski definition) is 7. The summed E-state index contributed by atoms with van der Waals surface area (Å²) in [5, 5.41) is 16.0. The summed E-state index contributed by atoms with van der Waals surface area (Å²) >= 11 is 0. The van der Waals surface area contributed by atoms with Gasteiger partial charge in [0.25, 0.3) is 0 Å². The van der Waals surface area contributed by atoms with Gasteiger partial charge in [-0.3, -0.25) is 24.0 Å². The number of benzene rings is 3. The van der Waals surface area contributed by atoms with Crippen LogP contribution in [0.15, 0.2) is 91.0 Å². The fourth-order valence-corrected chi connectivity index (χ4v) is 6.00. The molecule has 0 aromatic heterocycles. The Morgan fingerprint density at radius 3 is 1.47 bits per heavy atom. The maximum atomic E-state index is 12.3. The molecule has 3 aromatic carbocycles. The summed E-state index contributed by atoms with van der Waals surface area (Å²) in [6.45, 7) is 13.4. The number of rotatable bonds is 29. The topological polar surface area (TPSA) is 274 Å². The average Bonchev–Trinajstić information content (AvgIpc) is 3.37. The number of carboxylic acid groups (broad SMARTS) is 1. The molecule has 1 unspecified atom stereocenters. The summed E-state index contributed by atoms with van der Waals surface area (Å²) in [4.78, 5) is 69.2. The minimum absolute atomic E-state index is 0.0106. The zero-order valence-electron chi connectivity index (χ0n) is 44.7. The minimum atomic E-state index is -0.777. The van der Waals surface area contributed by atoms with Crippen LogP contribution in [0, 0.1) is 11.8 Å². The highest BCUT2D eigenvalue weighted by atomic mass is 16.6. The van der Waals surface area contributed by atoms with E-state index in [9.17, 15) is 28.8 Å². The van der Waals surface area contributed by atoms with E-state index >= 15 is 0 Å². The summed E-state index contributed by atoms with van der Waals surface area (Å²) in [5.74, 6) is 0.0721. The molecule has 0 fully saturated rings. The molecule has 17 nitrogen and oxygen atoms in total. The first-order valence-corrected chi connectivity index (χ1v) is 25.2. The van der Waals surface area contributed by atoms with Crippen molar-refractivity contribution in [2.24, 2.45) is 29.0 Å². The van der Waals surface area contributed by atoms with Gasteiger partial charge in [-0.05, 0) is 111 Å². The van der Waals surface area contributed by atoms with Gasteiger partial charge in [0.1, 0.15) is 6.54 Å². The SMILES string of the molecule is CCC(=O)O.CCCCN.COc1cc(CNC(=O)CCCC/C=C/C(C)C)ccc1OC(=O)CN.COc1cc(CNC(=O)CCCC/C=C/C(C)C)ccc1OC(=O)CNC(=O)C(N)Cc1ccccc1. The number of allylic oxidation sites excluding steroid dienone is 4. The third-order valence-corrected chi connectivity index (χ3v) is 10.0. The number of carboxylic acids is 1. The molecule has 3 aromatic rings. The first-order chi connectivity index (χ1) is 34.9. The molecule has 0 bridgehead atoms. The first-order valence-electron chi connectivity index (χ1n) is 25.2. The van der Waals surface area contributed by atoms with Crippen LogP contribution in [-0.4, -0.2) is 80.6 Å². The van der Waals surface area contributed by atoms with Crippen LogP contribution < -0.4 is 52.1 Å². The highest BCUT2D eigenvalue weighted by molar-refractivity contribution is 5.86. The lowest BCUT2D eigenvalue weighted by Gasteiger charge is -2.14. The second-order valence-electron chi connectivity index (χ2n) is 17.4. The van der Waals surface area contributed by atoms with Crippen LogP contribution in [0.4, 0.5) is 0 Å². The summed E-state index contributed by atoms with van der Waals surface area (Å²) in [7, 11) is 2.96. The predicted molar refractivity (Wildman–Crippen MR) is 288 cm³/mol. The van der Waals surface area contributed by atoms with Crippen molar-refractivity contribution in [2.45, 2.75) is 138 Å². The van der Waals surface area contributed by atoms with E-state index < -0.39 is 29.9 Å². The van der Waals surface area contributed by atoms with Crippen molar-refractivity contribution in [1.29, 1.82) is 0 Å². The van der Waals surface area contributed by atoms with Crippen molar-refractivity contribution in [3.8, 4) is 23.0 Å². The number of aliphatic carboxylic acids is 1. The fourth-order valence-electron chi connectivity index (χ4n) is 6.00. The number of methoxy groups -OCH3 is 2. The molecule has 406 valence electrons. The first kappa shape index (κ1) is 66.4. The van der Waals surface area contributed by atoms with Crippen LogP contribution >= 0.6 is 0 Å². The number of carbonyl (C=O) groups is 6. The van der Waals surface area contributed by atoms with Crippen molar-refractivity contribution >= 4 is 35.6 Å². The summed E-state index contributed by atoms with van der Waals surface area (Å²) in [5.41, 5.74) is 18.9. The third-order valence-electron chi connectivity index (χ3n) is 10.0. The van der Waals surface area contributed by atoms with Gasteiger partial charge in [0.15, 0.2) is 23.0 Å². The van der Waals surface area contributed by atoms with Crippen LogP contribution in [0.25, 0.3) is 0 Å². The average molecular weight is 1020 g/mol. The normalized spacial score (nSPS) is 11.0. The minimum Gasteiger partial charge on any atom is -0.493 e. The van der Waals surface area contributed by atoms with Gasteiger partial charge in [0.2, 0.25) is 17.7 Å². The Labute approximate surface area is 434 Å². The molecule has 0 aliphatic heterocycles. The number of amides is 3. The Morgan fingerprint density at radius 1 is 0.616 bits per heavy atom. The van der Waals surface area contributed by atoms with E-state index in [0.717, 1.165) is 61.8 Å². The molecule has 17 heteroatoms. The van der Waals surface area contributed by atoms with Crippen LogP contribution in [-0.2, 0) is 48.3 Å². The van der Waals surface area contributed by atoms with Gasteiger partial charge < -0.3 is 57.2 Å². The lowest BCUT2D eigenvalue weighted by Crippen LogP contribution is -2.44. The Hall–Kier alpha value is -6.56. The van der Waals surface area contributed by atoms with E-state index in [0.29, 0.717) is 61.4 Å². The standard InChI is InChI=1S/C29H39N3O5.C20H30N2O4.C4H11N.C3H6O2/c1-21(2)11-7-4-5-10-14-27(33)31-19-23-15-16-25(26(18-23)36-3)37-28(34)20-32-29(35)24(30)17-22-12-8-6-9-13-22;1-15(2)8-6-4-5-7-9-19(23)22-14-16-10-11-17(18(12-16)25-3)26-20(24)13-21;1-2-3-4-5;1-2-3(4)5/h6-9,11-13,15-16,18,21,24H,4-5,10,14,17,19-20,30H2,1-3H3,(H,31,33)(H,32,35);6,8,10-12,15H,4-5,7,9,13-14,21H2,1-3H3,(H,22,23);2-5H2,1H3;2H2,1H3,(H,4,5)/b11-7+;8-6+;;. The molecular formula is C56H86N6O11. The van der Waals surface area contributed by atoms with Crippen molar-refractivity contribution in [1.82, 2.24) is 16.0 Å². The third kappa shape index (κ3) is 35.2. The molecule has 0 aliphatic rings. The maximum Gasteiger partial charge on any atom is 0.330 e. The van der Waals surface area contributed by atoms with E-state index in [-0.39, 0.29) is 37.1 Å². The summed E-state index contributed by atoms with van der Waals surface area (Å²) in [6.07, 6.45) is 18.3. The zero-order chi connectivity index (χ0) is 54.8. The highest BCUT2D eigenvalue weighted by Gasteiger charge is 2.17. The van der Waals surface area contributed by atoms with Crippen molar-refractivity contribution < 1.29 is 52.8 Å². The van der Waals surface area contributed by atoms with Crippen LogP contribution in [0.2, 0.25) is 0 Å². The molecule has 0 radical (unpaired) electrons. The van der Waals surface area contributed by atoms with E-state index in [1.165, 1.54) is 27.1 Å². The number of nitrogens with one attached hydrogen (secondary N) is 3. The summed E-state index contributed by atoms with van der Waals surface area (Å²) < 4.78 is 21.0. The molecule has 0 spiro atoms. The van der Waals surface area contributed by atoms with Gasteiger partial charge in [-0.1, -0.05) is 115 Å². The van der Waals surface area contributed by atoms with E-state index in [1.54, 1.807) is 43.3 Å². The maximum absolute atomic E-state index is 12.3. The van der Waals surface area contributed by atoms with Crippen molar-refractivity contribution in [3.63, 3.8) is 0 Å². The second kappa shape index (κ2) is 42.0. The molecule has 3 amide bonds. The van der Waals surface area contributed by atoms with Gasteiger partial charge in [-0.25, -0.2) is 4.79 Å². The van der Waals surface area contributed by atoms with E-state index in [2.05, 4.69) is 74.9 Å². The molecule has 0 saturated carbocycles. The molecule has 73 heavy (non-hydrogen) atoms. The fraction of sp³-hybridized carbons (Fsp3) is 0.500. The monoisotopic (exact) mass is 1020 g/mol. The van der Waals surface area contributed by atoms with Gasteiger partial charge in [0.05, 0.1) is 26.8 Å². The van der Waals surface area contributed by atoms with Crippen LogP contribution in [0.3, 0.4) is 0 Å². The van der Waals surface area contributed by atoms with E-state index in [4.69, 9.17) is 41.3 Å². The highest BCUT2D eigenvalue weighted by Crippen LogP contribution is 2.29. The lowest BCUT2D eigenvalue weighted by molar-refractivity contribution is -0.137. The lowest BCUT2D eigenvalue weighted by atomic mass is 10.1. The predicted octanol–water partition coefficient (Wildman–Crippen LogP) is 7.85. The van der Waals surface area contributed by atoms with Gasteiger partial charge >= 0.3 is 17.9 Å². The Morgan fingerprint density at radius 2 is 1.08 bits per heavy atom. The quantitative estimate of drug-likeness (QED) is 0.0151. The Kier molecular flexibility index (Phi) is 38.2. The Balaban J connectivity index is 0.00000124. The Bertz CT molecular complexity index is 2090. The number of esters is 2. The smallest absolute Gasteiger partial charge is 0.330 e. The largest absolute Gasteiger partial charge is 0.493 e. The molecule has 0 saturated heterocycles. The number of nitrogens with two attached hydrogens (primary N) is 3. The molecule has 0 aliphatic carbocycles. The zero-order valence-corrected chi connectivity index (χ0v) is 44.7. The van der Waals surface area contributed by atoms with E-state index in [1.807, 2.05) is 30.3 Å². The van der Waals surface area contributed by atoms with Gasteiger partial charge in [0, 0.05) is 32.4 Å². The van der Waals surface area contributed by atoms with Crippen LogP contribution in [0.1, 0.15) is 129 Å². The van der Waals surface area contributed by atoms with Crippen molar-refractivity contribution in [3.05, 3.63) is 108 Å². The molecule has 1 atom stereocenters. The van der Waals surface area contributed by atoms with Gasteiger partial charge in [-0.2, -0.15) is 0 Å². The van der Waals surface area contributed by atoms with Gasteiger partial charge in [-0.15, -0.1) is 0 Å². The van der Waals surface area contributed by atoms with Crippen molar-refractivity contribution in [2.75, 3.05) is 33.9 Å². The second-order valence-corrected chi connectivity index (χ2v) is 17.4.